The molecule has 0 N–H and O–H groups in total. The van der Waals surface area contributed by atoms with Crippen LogP contribution in [-0.2, 0) is 9.59 Å². The SMILES string of the molecule is [CH2]C1C(=O)SC1=O. The molecule has 3 heteroatoms. The van der Waals surface area contributed by atoms with Crippen LogP contribution in [0.2, 0.25) is 0 Å². The van der Waals surface area contributed by atoms with Gasteiger partial charge in [0.2, 0.25) is 10.2 Å². The average molecular weight is 115 g/mol. The Kier molecular flexibility index (Phi) is 0.922. The predicted octanol–water partition coefficient (Wildman–Crippen LogP) is 0.237. The van der Waals surface area contributed by atoms with E-state index in [2.05, 4.69) is 6.92 Å². The zero-order valence-corrected chi connectivity index (χ0v) is 4.33. The Bertz CT molecular complexity index is 116. The molecule has 0 aliphatic carbocycles. The van der Waals surface area contributed by atoms with E-state index in [0.29, 0.717) is 0 Å². The molecule has 7 heavy (non-hydrogen) atoms. The van der Waals surface area contributed by atoms with Gasteiger partial charge in [0.1, 0.15) is 0 Å². The van der Waals surface area contributed by atoms with E-state index in [4.69, 9.17) is 0 Å². The van der Waals surface area contributed by atoms with E-state index in [1.54, 1.807) is 0 Å². The molecule has 1 fully saturated rings. The summed E-state index contributed by atoms with van der Waals surface area (Å²) in [6, 6.07) is 0. The van der Waals surface area contributed by atoms with Gasteiger partial charge in [0.05, 0.1) is 5.92 Å². The second-order valence-corrected chi connectivity index (χ2v) is 2.30. The van der Waals surface area contributed by atoms with Crippen molar-refractivity contribution in [2.24, 2.45) is 5.92 Å². The summed E-state index contributed by atoms with van der Waals surface area (Å²) >= 11 is 0.751. The van der Waals surface area contributed by atoms with Crippen LogP contribution in [0.5, 0.6) is 0 Å². The number of hydrogen-bond acceptors (Lipinski definition) is 3. The second-order valence-electron chi connectivity index (χ2n) is 1.29. The highest BCUT2D eigenvalue weighted by atomic mass is 32.2. The average Bonchev–Trinajstić information content (AvgIpc) is 1.68. The summed E-state index contributed by atoms with van der Waals surface area (Å²) in [5.41, 5.74) is 0. The summed E-state index contributed by atoms with van der Waals surface area (Å²) < 4.78 is 0. The minimum Gasteiger partial charge on any atom is -0.286 e. The molecule has 0 atom stereocenters. The molecule has 0 unspecified atom stereocenters. The first-order valence-corrected chi connectivity index (χ1v) is 2.62. The number of rotatable bonds is 0. The molecule has 0 spiro atoms. The van der Waals surface area contributed by atoms with Gasteiger partial charge in [0, 0.05) is 0 Å². The van der Waals surface area contributed by atoms with Gasteiger partial charge < -0.3 is 0 Å². The second kappa shape index (κ2) is 1.33. The van der Waals surface area contributed by atoms with Gasteiger partial charge in [-0.2, -0.15) is 0 Å². The first-order valence-electron chi connectivity index (χ1n) is 1.80. The van der Waals surface area contributed by atoms with Crippen LogP contribution < -0.4 is 0 Å². The normalized spacial score (nSPS) is 22.4. The molecular formula is C4H3O2S. The van der Waals surface area contributed by atoms with Gasteiger partial charge in [-0.15, -0.1) is 0 Å². The van der Waals surface area contributed by atoms with Crippen LogP contribution in [0.4, 0.5) is 0 Å². The molecule has 1 rings (SSSR count). The van der Waals surface area contributed by atoms with Gasteiger partial charge in [0.25, 0.3) is 0 Å². The van der Waals surface area contributed by atoms with Crippen LogP contribution in [0, 0.1) is 12.8 Å². The lowest BCUT2D eigenvalue weighted by atomic mass is 10.2. The maximum absolute atomic E-state index is 10.1. The van der Waals surface area contributed by atoms with Crippen molar-refractivity contribution in [3.63, 3.8) is 0 Å². The molecule has 1 aliphatic rings. The fourth-order valence-electron chi connectivity index (χ4n) is 0.280. The molecule has 1 heterocycles. The smallest absolute Gasteiger partial charge is 0.207 e. The predicted molar refractivity (Wildman–Crippen MR) is 26.5 cm³/mol. The van der Waals surface area contributed by atoms with Crippen LogP contribution in [-0.4, -0.2) is 10.2 Å². The topological polar surface area (TPSA) is 34.1 Å². The molecule has 2 nitrogen and oxygen atoms in total. The zero-order chi connectivity index (χ0) is 5.44. The van der Waals surface area contributed by atoms with Crippen molar-refractivity contribution in [2.75, 3.05) is 0 Å². The highest BCUT2D eigenvalue weighted by molar-refractivity contribution is 8.29. The van der Waals surface area contributed by atoms with Crippen molar-refractivity contribution in [1.29, 1.82) is 0 Å². The fourth-order valence-corrected chi connectivity index (χ4v) is 0.791. The summed E-state index contributed by atoms with van der Waals surface area (Å²) in [7, 11) is 0. The van der Waals surface area contributed by atoms with E-state index in [-0.39, 0.29) is 10.2 Å². The quantitative estimate of drug-likeness (QED) is 0.424. The summed E-state index contributed by atoms with van der Waals surface area (Å²) in [6.45, 7) is 3.29. The number of hydrogen-bond donors (Lipinski definition) is 0. The summed E-state index contributed by atoms with van der Waals surface area (Å²) in [5, 5.41) is -0.213. The first-order chi connectivity index (χ1) is 3.22. The zero-order valence-electron chi connectivity index (χ0n) is 3.51. The van der Waals surface area contributed by atoms with Gasteiger partial charge in [-0.1, -0.05) is 0 Å². The third-order valence-corrected chi connectivity index (χ3v) is 1.74. The van der Waals surface area contributed by atoms with E-state index < -0.39 is 5.92 Å². The van der Waals surface area contributed by atoms with Gasteiger partial charge in [0.15, 0.2) is 0 Å². The van der Waals surface area contributed by atoms with Crippen LogP contribution in [0.3, 0.4) is 0 Å². The maximum Gasteiger partial charge on any atom is 0.207 e. The lowest BCUT2D eigenvalue weighted by Crippen LogP contribution is -2.28. The van der Waals surface area contributed by atoms with Crippen molar-refractivity contribution in [2.45, 2.75) is 0 Å². The largest absolute Gasteiger partial charge is 0.286 e. The van der Waals surface area contributed by atoms with Gasteiger partial charge >= 0.3 is 0 Å². The van der Waals surface area contributed by atoms with Crippen LogP contribution in [0.1, 0.15) is 0 Å². The molecule has 0 amide bonds. The molecule has 1 saturated heterocycles. The Hall–Kier alpha value is -0.310. The molecule has 37 valence electrons. The van der Waals surface area contributed by atoms with Crippen molar-refractivity contribution >= 4 is 22.0 Å². The van der Waals surface area contributed by atoms with Crippen molar-refractivity contribution in [3.05, 3.63) is 6.92 Å². The molecule has 0 bridgehead atoms. The summed E-state index contributed by atoms with van der Waals surface area (Å²) in [6.07, 6.45) is 0. The van der Waals surface area contributed by atoms with Gasteiger partial charge in [-0.3, -0.25) is 9.59 Å². The minimum absolute atomic E-state index is 0.106. The van der Waals surface area contributed by atoms with Crippen LogP contribution in [0.15, 0.2) is 0 Å². The van der Waals surface area contributed by atoms with Gasteiger partial charge in [-0.25, -0.2) is 0 Å². The third-order valence-electron chi connectivity index (χ3n) is 0.770. The van der Waals surface area contributed by atoms with Crippen molar-refractivity contribution in [3.8, 4) is 0 Å². The molecule has 1 radical (unpaired) electrons. The molecule has 0 aromatic heterocycles. The molecule has 0 saturated carbocycles. The van der Waals surface area contributed by atoms with Crippen LogP contribution in [0.25, 0.3) is 0 Å². The van der Waals surface area contributed by atoms with Crippen molar-refractivity contribution < 1.29 is 9.59 Å². The number of carbonyl (C=O) groups is 2. The molecule has 1 aliphatic heterocycles. The van der Waals surface area contributed by atoms with E-state index in [1.807, 2.05) is 0 Å². The van der Waals surface area contributed by atoms with Gasteiger partial charge in [-0.05, 0) is 18.7 Å². The highest BCUT2D eigenvalue weighted by Gasteiger charge is 2.35. The van der Waals surface area contributed by atoms with E-state index in [1.165, 1.54) is 0 Å². The highest BCUT2D eigenvalue weighted by Crippen LogP contribution is 2.27. The molecule has 0 aromatic rings. The Morgan fingerprint density at radius 3 is 1.86 bits per heavy atom. The summed E-state index contributed by atoms with van der Waals surface area (Å²) in [5.74, 6) is -0.565. The Morgan fingerprint density at radius 1 is 1.43 bits per heavy atom. The third kappa shape index (κ3) is 0.567. The Balaban J connectivity index is 2.59. The fraction of sp³-hybridized carbons (Fsp3) is 0.250. The van der Waals surface area contributed by atoms with Crippen LogP contribution >= 0.6 is 11.8 Å². The lowest BCUT2D eigenvalue weighted by Gasteiger charge is -2.14. The monoisotopic (exact) mass is 115 g/mol. The van der Waals surface area contributed by atoms with E-state index in [0.717, 1.165) is 11.8 Å². The first kappa shape index (κ1) is 4.84. The Morgan fingerprint density at radius 2 is 1.86 bits per heavy atom. The van der Waals surface area contributed by atoms with E-state index >= 15 is 0 Å². The van der Waals surface area contributed by atoms with Crippen molar-refractivity contribution in [1.82, 2.24) is 0 Å². The maximum atomic E-state index is 10.1. The Labute approximate surface area is 45.3 Å². The minimum atomic E-state index is -0.565. The summed E-state index contributed by atoms with van der Waals surface area (Å²) in [4.78, 5) is 20.2. The number of thioether (sulfide) groups is 1. The standard InChI is InChI=1S/C4H3O2S/c1-2-3(5)7-4(2)6/h2H,1H2. The molecule has 0 aromatic carbocycles. The number of carbonyl (C=O) groups excluding carboxylic acids is 2. The lowest BCUT2D eigenvalue weighted by molar-refractivity contribution is -0.124. The van der Waals surface area contributed by atoms with E-state index in [9.17, 15) is 9.59 Å². The molecular weight excluding hydrogens is 112 g/mol.